The summed E-state index contributed by atoms with van der Waals surface area (Å²) in [5.74, 6) is 1.50. The molecule has 1 aliphatic heterocycles. The number of amides is 2. The van der Waals surface area contributed by atoms with E-state index in [0.717, 1.165) is 44.9 Å². The zero-order valence-electron chi connectivity index (χ0n) is 30.4. The van der Waals surface area contributed by atoms with Crippen LogP contribution in [0.25, 0.3) is 0 Å². The summed E-state index contributed by atoms with van der Waals surface area (Å²) in [5, 5.41) is 27.8. The number of fused-ring (bicyclic) bond motifs is 2. The molecule has 6 unspecified atom stereocenters. The Morgan fingerprint density at radius 3 is 2.38 bits per heavy atom. The standard InChI is InChI=1S/C36H64N4O7/c1-20-28-16-25(36(28,3)4)17-29(20)37-34(43)32-31(21(2)42)30(19-41)47-40(32)18-22-11-10-12-27(33(22)45-8)23-13-24(35(44)39(7)46-9)15-26(14-23)38(5)6/h20-33,41-42H,10-19H2,1-9H3,(H,37,43)/t20-,21-,22?,23?,24?,25+,26?,27?,28-,29-,30-,31+,32-,33?/m0/s1. The lowest BCUT2D eigenvalue weighted by Crippen LogP contribution is -2.62. The number of aliphatic hydroxyl groups excluding tert-OH is 2. The van der Waals surface area contributed by atoms with Crippen LogP contribution in [0.1, 0.15) is 79.1 Å². The van der Waals surface area contributed by atoms with Crippen LogP contribution in [-0.2, 0) is 24.0 Å². The molecule has 5 saturated carbocycles. The van der Waals surface area contributed by atoms with E-state index in [2.05, 4.69) is 45.1 Å². The highest BCUT2D eigenvalue weighted by Gasteiger charge is 2.58. The molecule has 0 radical (unpaired) electrons. The van der Waals surface area contributed by atoms with Crippen LogP contribution < -0.4 is 5.32 Å². The molecular weight excluding hydrogens is 600 g/mol. The van der Waals surface area contributed by atoms with Crippen molar-refractivity contribution >= 4 is 11.8 Å². The van der Waals surface area contributed by atoms with Crippen molar-refractivity contribution in [2.45, 2.75) is 115 Å². The van der Waals surface area contributed by atoms with Crippen LogP contribution in [0.3, 0.4) is 0 Å². The van der Waals surface area contributed by atoms with Gasteiger partial charge in [0, 0.05) is 50.5 Å². The Kier molecular flexibility index (Phi) is 11.7. The van der Waals surface area contributed by atoms with Crippen molar-refractivity contribution in [3.8, 4) is 0 Å². The Morgan fingerprint density at radius 2 is 1.81 bits per heavy atom. The number of carbonyl (C=O) groups is 2. The first-order chi connectivity index (χ1) is 22.2. The number of rotatable bonds is 11. The first-order valence-electron chi connectivity index (χ1n) is 18.3. The van der Waals surface area contributed by atoms with Gasteiger partial charge in [0.1, 0.15) is 12.1 Å². The average molecular weight is 665 g/mol. The third-order valence-corrected chi connectivity index (χ3v) is 13.7. The van der Waals surface area contributed by atoms with Gasteiger partial charge in [0.15, 0.2) is 0 Å². The minimum Gasteiger partial charge on any atom is -0.394 e. The molecule has 6 rings (SSSR count). The van der Waals surface area contributed by atoms with Crippen LogP contribution in [0.4, 0.5) is 0 Å². The number of carbonyl (C=O) groups excluding carboxylic acids is 2. The summed E-state index contributed by atoms with van der Waals surface area (Å²) in [6.07, 6.45) is 6.26. The molecule has 270 valence electrons. The smallest absolute Gasteiger partial charge is 0.249 e. The summed E-state index contributed by atoms with van der Waals surface area (Å²) in [4.78, 5) is 41.3. The van der Waals surface area contributed by atoms with Gasteiger partial charge in [-0.1, -0.05) is 27.2 Å². The van der Waals surface area contributed by atoms with Crippen molar-refractivity contribution in [2.24, 2.45) is 52.8 Å². The average Bonchev–Trinajstić information content (AvgIpc) is 3.42. The highest BCUT2D eigenvalue weighted by atomic mass is 16.7. The molecule has 11 nitrogen and oxygen atoms in total. The monoisotopic (exact) mass is 664 g/mol. The lowest BCUT2D eigenvalue weighted by Gasteiger charge is -2.62. The predicted octanol–water partition coefficient (Wildman–Crippen LogP) is 2.94. The molecule has 0 aromatic rings. The third kappa shape index (κ3) is 7.14. The van der Waals surface area contributed by atoms with E-state index < -0.39 is 24.2 Å². The lowest BCUT2D eigenvalue weighted by atomic mass is 9.45. The summed E-state index contributed by atoms with van der Waals surface area (Å²) in [7, 11) is 9.19. The molecule has 5 aliphatic carbocycles. The van der Waals surface area contributed by atoms with Gasteiger partial charge in [-0.2, -0.15) is 5.06 Å². The van der Waals surface area contributed by atoms with Crippen LogP contribution in [-0.4, -0.2) is 122 Å². The second-order valence-electron chi connectivity index (χ2n) is 16.6. The van der Waals surface area contributed by atoms with E-state index in [1.165, 1.54) is 18.6 Å². The van der Waals surface area contributed by atoms with E-state index in [1.54, 1.807) is 26.1 Å². The number of ether oxygens (including phenoxy) is 1. The van der Waals surface area contributed by atoms with Crippen molar-refractivity contribution in [3.05, 3.63) is 0 Å². The number of methoxy groups -OCH3 is 1. The largest absolute Gasteiger partial charge is 0.394 e. The normalized spacial score (nSPS) is 42.5. The Morgan fingerprint density at radius 1 is 1.09 bits per heavy atom. The maximum atomic E-state index is 14.2. The Bertz CT molecular complexity index is 1090. The third-order valence-electron chi connectivity index (χ3n) is 13.7. The Labute approximate surface area is 282 Å². The number of hydrogen-bond acceptors (Lipinski definition) is 9. The van der Waals surface area contributed by atoms with Gasteiger partial charge in [0.05, 0.1) is 25.9 Å². The number of nitrogens with one attached hydrogen (secondary N) is 1. The molecule has 14 atom stereocenters. The highest BCUT2D eigenvalue weighted by molar-refractivity contribution is 5.83. The minimum atomic E-state index is -0.828. The van der Waals surface area contributed by atoms with E-state index in [-0.39, 0.29) is 54.4 Å². The fourth-order valence-electron chi connectivity index (χ4n) is 10.7. The zero-order chi connectivity index (χ0) is 34.4. The van der Waals surface area contributed by atoms with E-state index >= 15 is 0 Å². The quantitative estimate of drug-likeness (QED) is 0.286. The summed E-state index contributed by atoms with van der Waals surface area (Å²) in [6, 6.07) is -0.321. The van der Waals surface area contributed by atoms with Gasteiger partial charge in [-0.3, -0.25) is 19.3 Å². The lowest BCUT2D eigenvalue weighted by molar-refractivity contribution is -0.193. The SMILES string of the molecule is COC1C(CN2O[C@@H](CO)[C@@H]([C@H](C)O)[C@H]2C(=O)N[C@H]2C[C@H]3C[C@@H]([C@@H]2C)C3(C)C)CCCC1C1CC(C(=O)N(C)OC)CC(N(C)C)C1. The molecule has 0 aromatic carbocycles. The molecule has 11 heteroatoms. The van der Waals surface area contributed by atoms with Gasteiger partial charge < -0.3 is 25.2 Å². The number of hydrogen-bond donors (Lipinski definition) is 3. The van der Waals surface area contributed by atoms with Crippen LogP contribution in [0.5, 0.6) is 0 Å². The fraction of sp³-hybridized carbons (Fsp3) is 0.944. The number of aliphatic hydroxyl groups is 2. The zero-order valence-corrected chi connectivity index (χ0v) is 30.4. The van der Waals surface area contributed by atoms with Crippen molar-refractivity contribution in [1.82, 2.24) is 20.3 Å². The minimum absolute atomic E-state index is 0.0251. The summed E-state index contributed by atoms with van der Waals surface area (Å²) >= 11 is 0. The highest BCUT2D eigenvalue weighted by Crippen LogP contribution is 2.61. The van der Waals surface area contributed by atoms with Crippen LogP contribution in [0.2, 0.25) is 0 Å². The van der Waals surface area contributed by atoms with Crippen LogP contribution >= 0.6 is 0 Å². The van der Waals surface area contributed by atoms with Crippen molar-refractivity contribution in [2.75, 3.05) is 48.5 Å². The maximum Gasteiger partial charge on any atom is 0.249 e. The predicted molar refractivity (Wildman–Crippen MR) is 178 cm³/mol. The van der Waals surface area contributed by atoms with Gasteiger partial charge >= 0.3 is 0 Å². The molecule has 1 heterocycles. The number of nitrogens with zero attached hydrogens (tertiary/aromatic N) is 3. The Balaban J connectivity index is 1.33. The first kappa shape index (κ1) is 36.9. The van der Waals surface area contributed by atoms with Gasteiger partial charge in [-0.15, -0.1) is 0 Å². The second-order valence-corrected chi connectivity index (χ2v) is 16.6. The van der Waals surface area contributed by atoms with Gasteiger partial charge in [-0.25, -0.2) is 5.06 Å². The van der Waals surface area contributed by atoms with Crippen molar-refractivity contribution in [3.63, 3.8) is 0 Å². The molecule has 6 fully saturated rings. The molecule has 2 bridgehead atoms. The first-order valence-corrected chi connectivity index (χ1v) is 18.3. The molecular formula is C36H64N4O7. The van der Waals surface area contributed by atoms with Crippen LogP contribution in [0.15, 0.2) is 0 Å². The molecule has 1 saturated heterocycles. The molecule has 0 spiro atoms. The van der Waals surface area contributed by atoms with Gasteiger partial charge in [0.25, 0.3) is 0 Å². The second kappa shape index (κ2) is 14.9. The van der Waals surface area contributed by atoms with Crippen molar-refractivity contribution < 1.29 is 34.2 Å². The number of hydroxylamine groups is 4. The van der Waals surface area contributed by atoms with Gasteiger partial charge in [-0.05, 0) is 101 Å². The van der Waals surface area contributed by atoms with E-state index in [9.17, 15) is 19.8 Å². The molecule has 6 aliphatic rings. The van der Waals surface area contributed by atoms with E-state index in [0.29, 0.717) is 35.6 Å². The maximum absolute atomic E-state index is 14.2. The summed E-state index contributed by atoms with van der Waals surface area (Å²) < 4.78 is 6.32. The molecule has 3 N–H and O–H groups in total. The Hall–Kier alpha value is -1.34. The molecule has 2 amide bonds. The van der Waals surface area contributed by atoms with Crippen LogP contribution in [0, 0.1) is 52.8 Å². The van der Waals surface area contributed by atoms with E-state index in [1.807, 2.05) is 0 Å². The van der Waals surface area contributed by atoms with Gasteiger partial charge in [0.2, 0.25) is 11.8 Å². The summed E-state index contributed by atoms with van der Waals surface area (Å²) in [5.41, 5.74) is 0.317. The molecule has 0 aromatic heterocycles. The summed E-state index contributed by atoms with van der Waals surface area (Å²) in [6.45, 7) is 8.88. The van der Waals surface area contributed by atoms with Crippen molar-refractivity contribution in [1.29, 1.82) is 0 Å². The molecule has 47 heavy (non-hydrogen) atoms. The fourth-order valence-corrected chi connectivity index (χ4v) is 10.7. The topological polar surface area (TPSA) is 124 Å². The van der Waals surface area contributed by atoms with E-state index in [4.69, 9.17) is 14.4 Å².